The van der Waals surface area contributed by atoms with Crippen molar-refractivity contribution in [3.63, 3.8) is 0 Å². The molecule has 5 heteroatoms. The van der Waals surface area contributed by atoms with Crippen molar-refractivity contribution in [1.82, 2.24) is 5.43 Å². The molecule has 2 rings (SSSR count). The standard InChI is InChI=1S/C16H19ClN2O2/c1-20-14-4-3-5-15(21-2)16(14)13(19-18)10-11-6-8-12(17)9-7-11/h3-9,13,19H,10,18H2,1-2H3. The van der Waals surface area contributed by atoms with Crippen molar-refractivity contribution >= 4 is 11.6 Å². The zero-order valence-corrected chi connectivity index (χ0v) is 12.9. The summed E-state index contributed by atoms with van der Waals surface area (Å²) in [7, 11) is 3.27. The van der Waals surface area contributed by atoms with Crippen molar-refractivity contribution in [1.29, 1.82) is 0 Å². The molecule has 0 saturated carbocycles. The fourth-order valence-electron chi connectivity index (χ4n) is 2.32. The summed E-state index contributed by atoms with van der Waals surface area (Å²) in [5, 5.41) is 0.714. The monoisotopic (exact) mass is 306 g/mol. The maximum Gasteiger partial charge on any atom is 0.127 e. The Morgan fingerprint density at radius 3 is 2.10 bits per heavy atom. The van der Waals surface area contributed by atoms with E-state index in [1.807, 2.05) is 42.5 Å². The van der Waals surface area contributed by atoms with Crippen molar-refractivity contribution in [2.45, 2.75) is 12.5 Å². The van der Waals surface area contributed by atoms with Crippen LogP contribution in [0.4, 0.5) is 0 Å². The second kappa shape index (κ2) is 7.31. The van der Waals surface area contributed by atoms with Crippen LogP contribution >= 0.6 is 11.6 Å². The first-order valence-corrected chi connectivity index (χ1v) is 6.98. The summed E-state index contributed by atoms with van der Waals surface area (Å²) in [5.41, 5.74) is 4.86. The van der Waals surface area contributed by atoms with E-state index in [0.717, 1.165) is 22.6 Å². The third kappa shape index (κ3) is 3.67. The minimum absolute atomic E-state index is 0.128. The highest BCUT2D eigenvalue weighted by Crippen LogP contribution is 2.35. The van der Waals surface area contributed by atoms with Gasteiger partial charge in [-0.25, -0.2) is 0 Å². The van der Waals surface area contributed by atoms with Gasteiger partial charge in [-0.1, -0.05) is 29.8 Å². The quantitative estimate of drug-likeness (QED) is 0.636. The summed E-state index contributed by atoms with van der Waals surface area (Å²) in [4.78, 5) is 0. The van der Waals surface area contributed by atoms with Crippen molar-refractivity contribution in [3.05, 3.63) is 58.6 Å². The first-order chi connectivity index (χ1) is 10.2. The Balaban J connectivity index is 2.34. The summed E-state index contributed by atoms with van der Waals surface area (Å²) in [6, 6.07) is 13.2. The van der Waals surface area contributed by atoms with Crippen LogP contribution in [0.25, 0.3) is 0 Å². The molecule has 3 N–H and O–H groups in total. The van der Waals surface area contributed by atoms with Crippen LogP contribution in [0, 0.1) is 0 Å². The summed E-state index contributed by atoms with van der Waals surface area (Å²) in [6.45, 7) is 0. The van der Waals surface area contributed by atoms with Crippen LogP contribution in [0.2, 0.25) is 5.02 Å². The van der Waals surface area contributed by atoms with Crippen molar-refractivity contribution in [2.75, 3.05) is 14.2 Å². The normalized spacial score (nSPS) is 12.0. The van der Waals surface area contributed by atoms with Gasteiger partial charge in [0.05, 0.1) is 25.8 Å². The topological polar surface area (TPSA) is 56.5 Å². The molecule has 0 aromatic heterocycles. The Bertz CT molecular complexity index is 565. The lowest BCUT2D eigenvalue weighted by atomic mass is 9.97. The van der Waals surface area contributed by atoms with Gasteiger partial charge in [-0.2, -0.15) is 0 Å². The van der Waals surface area contributed by atoms with Gasteiger partial charge in [0.15, 0.2) is 0 Å². The molecule has 2 aromatic carbocycles. The largest absolute Gasteiger partial charge is 0.496 e. The maximum atomic E-state index is 5.91. The van der Waals surface area contributed by atoms with Crippen molar-refractivity contribution in [3.8, 4) is 11.5 Å². The Kier molecular flexibility index (Phi) is 5.44. The smallest absolute Gasteiger partial charge is 0.127 e. The molecule has 0 spiro atoms. The first-order valence-electron chi connectivity index (χ1n) is 6.61. The fraction of sp³-hybridized carbons (Fsp3) is 0.250. The predicted octanol–water partition coefficient (Wildman–Crippen LogP) is 3.10. The van der Waals surface area contributed by atoms with E-state index in [1.54, 1.807) is 14.2 Å². The third-order valence-electron chi connectivity index (χ3n) is 3.37. The molecule has 0 aliphatic heterocycles. The lowest BCUT2D eigenvalue weighted by molar-refractivity contribution is 0.370. The van der Waals surface area contributed by atoms with E-state index >= 15 is 0 Å². The van der Waals surface area contributed by atoms with E-state index in [0.29, 0.717) is 11.4 Å². The number of rotatable bonds is 6. The van der Waals surface area contributed by atoms with E-state index in [1.165, 1.54) is 0 Å². The summed E-state index contributed by atoms with van der Waals surface area (Å²) in [5.74, 6) is 7.23. The van der Waals surface area contributed by atoms with Crippen molar-refractivity contribution < 1.29 is 9.47 Å². The number of hydrazine groups is 1. The zero-order valence-electron chi connectivity index (χ0n) is 12.1. The van der Waals surface area contributed by atoms with E-state index < -0.39 is 0 Å². The lowest BCUT2D eigenvalue weighted by Gasteiger charge is -2.21. The number of hydrogen-bond donors (Lipinski definition) is 2. The van der Waals surface area contributed by atoms with E-state index in [-0.39, 0.29) is 6.04 Å². The fourth-order valence-corrected chi connectivity index (χ4v) is 2.45. The highest BCUT2D eigenvalue weighted by molar-refractivity contribution is 6.30. The Hall–Kier alpha value is -1.75. The maximum absolute atomic E-state index is 5.91. The molecule has 0 amide bonds. The number of halogens is 1. The van der Waals surface area contributed by atoms with Crippen LogP contribution in [0.15, 0.2) is 42.5 Å². The second-order valence-electron chi connectivity index (χ2n) is 4.63. The van der Waals surface area contributed by atoms with Crippen LogP contribution in [0.1, 0.15) is 17.2 Å². The highest BCUT2D eigenvalue weighted by atomic mass is 35.5. The van der Waals surface area contributed by atoms with Crippen LogP contribution in [-0.2, 0) is 6.42 Å². The van der Waals surface area contributed by atoms with Gasteiger partial charge in [0.25, 0.3) is 0 Å². The van der Waals surface area contributed by atoms with Gasteiger partial charge >= 0.3 is 0 Å². The summed E-state index contributed by atoms with van der Waals surface area (Å²) in [6.07, 6.45) is 0.699. The molecule has 0 bridgehead atoms. The zero-order chi connectivity index (χ0) is 15.2. The van der Waals surface area contributed by atoms with Crippen molar-refractivity contribution in [2.24, 2.45) is 5.84 Å². The van der Waals surface area contributed by atoms with E-state index in [2.05, 4.69) is 5.43 Å². The summed E-state index contributed by atoms with van der Waals surface area (Å²) >= 11 is 5.91. The van der Waals surface area contributed by atoms with Crippen LogP contribution in [-0.4, -0.2) is 14.2 Å². The van der Waals surface area contributed by atoms with Gasteiger partial charge in [0, 0.05) is 5.02 Å². The molecule has 0 radical (unpaired) electrons. The number of ether oxygens (including phenoxy) is 2. The van der Waals surface area contributed by atoms with Gasteiger partial charge in [-0.15, -0.1) is 0 Å². The van der Waals surface area contributed by atoms with Crippen LogP contribution in [0.5, 0.6) is 11.5 Å². The molecular weight excluding hydrogens is 288 g/mol. The van der Waals surface area contributed by atoms with Gasteiger partial charge < -0.3 is 9.47 Å². The minimum atomic E-state index is -0.128. The molecule has 112 valence electrons. The molecule has 1 atom stereocenters. The van der Waals surface area contributed by atoms with Gasteiger partial charge in [0.2, 0.25) is 0 Å². The van der Waals surface area contributed by atoms with Gasteiger partial charge in [-0.3, -0.25) is 11.3 Å². The number of nitrogens with two attached hydrogens (primary N) is 1. The highest BCUT2D eigenvalue weighted by Gasteiger charge is 2.20. The number of methoxy groups -OCH3 is 2. The summed E-state index contributed by atoms with van der Waals surface area (Å²) < 4.78 is 10.9. The first kappa shape index (κ1) is 15.6. The Morgan fingerprint density at radius 1 is 1.05 bits per heavy atom. The molecule has 1 unspecified atom stereocenters. The number of hydrogen-bond acceptors (Lipinski definition) is 4. The van der Waals surface area contributed by atoms with Crippen LogP contribution < -0.4 is 20.7 Å². The molecule has 2 aromatic rings. The molecule has 0 saturated heterocycles. The average Bonchev–Trinajstić information content (AvgIpc) is 2.53. The van der Waals surface area contributed by atoms with Crippen LogP contribution in [0.3, 0.4) is 0 Å². The third-order valence-corrected chi connectivity index (χ3v) is 3.62. The van der Waals surface area contributed by atoms with Gasteiger partial charge in [0.1, 0.15) is 11.5 Å². The van der Waals surface area contributed by atoms with E-state index in [9.17, 15) is 0 Å². The SMILES string of the molecule is COc1cccc(OC)c1C(Cc1ccc(Cl)cc1)NN. The molecule has 0 fully saturated rings. The second-order valence-corrected chi connectivity index (χ2v) is 5.06. The number of benzene rings is 2. The lowest BCUT2D eigenvalue weighted by Crippen LogP contribution is -2.30. The minimum Gasteiger partial charge on any atom is -0.496 e. The predicted molar refractivity (Wildman–Crippen MR) is 84.8 cm³/mol. The molecule has 4 nitrogen and oxygen atoms in total. The van der Waals surface area contributed by atoms with Gasteiger partial charge in [-0.05, 0) is 36.2 Å². The molecular formula is C16H19ClN2O2. The molecule has 0 aliphatic carbocycles. The Morgan fingerprint density at radius 2 is 1.62 bits per heavy atom. The average molecular weight is 307 g/mol. The number of nitrogens with one attached hydrogen (secondary N) is 1. The van der Waals surface area contributed by atoms with E-state index in [4.69, 9.17) is 26.9 Å². The molecule has 0 heterocycles. The molecule has 0 aliphatic rings. The Labute approximate surface area is 129 Å². The molecule has 21 heavy (non-hydrogen) atoms.